The molecule has 0 aromatic heterocycles. The fraction of sp³-hybridized carbons (Fsp3) is 0.571. The minimum atomic E-state index is -3.68. The molecule has 0 atom stereocenters. The highest BCUT2D eigenvalue weighted by atomic mass is 32.2. The molecule has 124 valence electrons. The molecule has 8 heteroatoms. The van der Waals surface area contributed by atoms with E-state index in [1.165, 1.54) is 22.5 Å². The topological polar surface area (TPSA) is 97.5 Å². The fourth-order valence-electron chi connectivity index (χ4n) is 2.61. The van der Waals surface area contributed by atoms with E-state index < -0.39 is 19.9 Å². The molecular weight excluding hydrogens is 324 g/mol. The van der Waals surface area contributed by atoms with Crippen LogP contribution in [0.5, 0.6) is 0 Å². The van der Waals surface area contributed by atoms with Gasteiger partial charge < -0.3 is 5.73 Å². The molecule has 2 rings (SSSR count). The zero-order chi connectivity index (χ0) is 16.5. The smallest absolute Gasteiger partial charge is 0.243 e. The summed E-state index contributed by atoms with van der Waals surface area (Å²) in [7, 11) is -7.12. The van der Waals surface area contributed by atoms with Crippen LogP contribution in [-0.2, 0) is 19.9 Å². The molecule has 0 spiro atoms. The van der Waals surface area contributed by atoms with Gasteiger partial charge in [-0.1, -0.05) is 6.07 Å². The van der Waals surface area contributed by atoms with Crippen molar-refractivity contribution in [3.05, 3.63) is 23.8 Å². The predicted octanol–water partition coefficient (Wildman–Crippen LogP) is 0.758. The number of nitrogens with zero attached hydrogens (tertiary/aromatic N) is 1. The Bertz CT molecular complexity index is 749. The maximum atomic E-state index is 12.8. The number of sulfone groups is 1. The van der Waals surface area contributed by atoms with Crippen LogP contribution < -0.4 is 5.73 Å². The highest BCUT2D eigenvalue weighted by Crippen LogP contribution is 2.27. The summed E-state index contributed by atoms with van der Waals surface area (Å²) in [5, 5.41) is 0. The molecule has 1 aromatic carbocycles. The van der Waals surface area contributed by atoms with Crippen molar-refractivity contribution in [2.24, 2.45) is 11.7 Å². The summed E-state index contributed by atoms with van der Waals surface area (Å²) in [5.74, 6) is 0.356. The molecule has 1 aliphatic rings. The van der Waals surface area contributed by atoms with Gasteiger partial charge in [-0.3, -0.25) is 0 Å². The van der Waals surface area contributed by atoms with Gasteiger partial charge in [-0.2, -0.15) is 4.31 Å². The zero-order valence-electron chi connectivity index (χ0n) is 12.8. The Kier molecular flexibility index (Phi) is 4.96. The third kappa shape index (κ3) is 3.51. The van der Waals surface area contributed by atoms with Crippen LogP contribution in [0.15, 0.2) is 28.0 Å². The van der Waals surface area contributed by atoms with Crippen molar-refractivity contribution in [2.45, 2.75) is 29.6 Å². The first-order valence-corrected chi connectivity index (χ1v) is 10.5. The number of benzene rings is 1. The van der Waals surface area contributed by atoms with E-state index in [0.29, 0.717) is 31.1 Å². The molecule has 1 fully saturated rings. The van der Waals surface area contributed by atoms with Gasteiger partial charge in [-0.25, -0.2) is 16.8 Å². The zero-order valence-corrected chi connectivity index (χ0v) is 14.5. The maximum Gasteiger partial charge on any atom is 0.243 e. The van der Waals surface area contributed by atoms with Gasteiger partial charge in [-0.05, 0) is 49.9 Å². The lowest BCUT2D eigenvalue weighted by Crippen LogP contribution is -2.40. The number of hydrogen-bond donors (Lipinski definition) is 1. The standard InChI is InChI=1S/C14H22N2O4S2/c1-11-3-4-13(21(2,17)18)9-14(11)22(19,20)16-7-5-12(10-15)6-8-16/h3-4,9,12H,5-8,10,15H2,1-2H3. The molecule has 0 radical (unpaired) electrons. The highest BCUT2D eigenvalue weighted by molar-refractivity contribution is 7.91. The molecule has 1 heterocycles. The molecule has 0 unspecified atom stereocenters. The normalized spacial score (nSPS) is 18.5. The third-order valence-electron chi connectivity index (χ3n) is 4.11. The fourth-order valence-corrected chi connectivity index (χ4v) is 5.06. The molecule has 1 aromatic rings. The Balaban J connectivity index is 2.38. The predicted molar refractivity (Wildman–Crippen MR) is 84.8 cm³/mol. The molecule has 1 saturated heterocycles. The lowest BCUT2D eigenvalue weighted by atomic mass is 9.99. The van der Waals surface area contributed by atoms with E-state index in [0.717, 1.165) is 19.1 Å². The van der Waals surface area contributed by atoms with E-state index in [1.54, 1.807) is 6.92 Å². The van der Waals surface area contributed by atoms with Crippen molar-refractivity contribution in [2.75, 3.05) is 25.9 Å². The van der Waals surface area contributed by atoms with Crippen LogP contribution in [0.3, 0.4) is 0 Å². The number of aryl methyl sites for hydroxylation is 1. The van der Waals surface area contributed by atoms with E-state index in [1.807, 2.05) is 0 Å². The van der Waals surface area contributed by atoms with Crippen molar-refractivity contribution in [3.63, 3.8) is 0 Å². The number of hydrogen-bond acceptors (Lipinski definition) is 5. The van der Waals surface area contributed by atoms with Gasteiger partial charge in [0.2, 0.25) is 10.0 Å². The summed E-state index contributed by atoms with van der Waals surface area (Å²) >= 11 is 0. The Morgan fingerprint density at radius 1 is 1.18 bits per heavy atom. The lowest BCUT2D eigenvalue weighted by molar-refractivity contribution is 0.278. The Morgan fingerprint density at radius 2 is 1.77 bits per heavy atom. The molecule has 2 N–H and O–H groups in total. The van der Waals surface area contributed by atoms with Gasteiger partial charge in [0.15, 0.2) is 9.84 Å². The van der Waals surface area contributed by atoms with Gasteiger partial charge in [0, 0.05) is 19.3 Å². The average molecular weight is 346 g/mol. The van der Waals surface area contributed by atoms with Crippen molar-refractivity contribution in [3.8, 4) is 0 Å². The van der Waals surface area contributed by atoms with E-state index in [9.17, 15) is 16.8 Å². The molecule has 0 aliphatic carbocycles. The molecule has 0 amide bonds. The lowest BCUT2D eigenvalue weighted by Gasteiger charge is -2.31. The second kappa shape index (κ2) is 6.27. The summed E-state index contributed by atoms with van der Waals surface area (Å²) in [4.78, 5) is 0.0927. The summed E-state index contributed by atoms with van der Waals surface area (Å²) in [6.07, 6.45) is 2.54. The largest absolute Gasteiger partial charge is 0.330 e. The van der Waals surface area contributed by atoms with Gasteiger partial charge in [-0.15, -0.1) is 0 Å². The first-order chi connectivity index (χ1) is 10.2. The number of sulfonamides is 1. The van der Waals surface area contributed by atoms with Crippen molar-refractivity contribution < 1.29 is 16.8 Å². The van der Waals surface area contributed by atoms with E-state index in [4.69, 9.17) is 5.73 Å². The van der Waals surface area contributed by atoms with Crippen LogP contribution in [0.4, 0.5) is 0 Å². The van der Waals surface area contributed by atoms with Crippen LogP contribution >= 0.6 is 0 Å². The van der Waals surface area contributed by atoms with E-state index in [-0.39, 0.29) is 9.79 Å². The first kappa shape index (κ1) is 17.4. The highest BCUT2D eigenvalue weighted by Gasteiger charge is 2.30. The molecule has 22 heavy (non-hydrogen) atoms. The third-order valence-corrected chi connectivity index (χ3v) is 7.26. The summed E-state index contributed by atoms with van der Waals surface area (Å²) in [5.41, 5.74) is 6.18. The molecule has 6 nitrogen and oxygen atoms in total. The van der Waals surface area contributed by atoms with Crippen LogP contribution in [0.25, 0.3) is 0 Å². The van der Waals surface area contributed by atoms with Crippen molar-refractivity contribution >= 4 is 19.9 Å². The quantitative estimate of drug-likeness (QED) is 0.868. The average Bonchev–Trinajstić information content (AvgIpc) is 2.46. The van der Waals surface area contributed by atoms with Crippen molar-refractivity contribution in [1.82, 2.24) is 4.31 Å². The summed E-state index contributed by atoms with van der Waals surface area (Å²) in [6, 6.07) is 4.23. The number of rotatable bonds is 4. The van der Waals surface area contributed by atoms with Gasteiger partial charge in [0.1, 0.15) is 0 Å². The Hall–Kier alpha value is -0.960. The summed E-state index contributed by atoms with van der Waals surface area (Å²) in [6.45, 7) is 3.08. The number of nitrogens with two attached hydrogens (primary N) is 1. The minimum Gasteiger partial charge on any atom is -0.330 e. The number of piperidine rings is 1. The summed E-state index contributed by atoms with van der Waals surface area (Å²) < 4.78 is 50.3. The van der Waals surface area contributed by atoms with Gasteiger partial charge in [0.05, 0.1) is 9.79 Å². The molecule has 0 saturated carbocycles. The monoisotopic (exact) mass is 346 g/mol. The second-order valence-electron chi connectivity index (χ2n) is 5.78. The van der Waals surface area contributed by atoms with Crippen LogP contribution in [0.2, 0.25) is 0 Å². The van der Waals surface area contributed by atoms with Crippen LogP contribution in [-0.4, -0.2) is 47.0 Å². The van der Waals surface area contributed by atoms with Gasteiger partial charge in [0.25, 0.3) is 0 Å². The minimum absolute atomic E-state index is 0.0218. The molecule has 1 aliphatic heterocycles. The molecule has 0 bridgehead atoms. The molecular formula is C14H22N2O4S2. The Morgan fingerprint density at radius 3 is 2.27 bits per heavy atom. The second-order valence-corrected chi connectivity index (χ2v) is 9.70. The van der Waals surface area contributed by atoms with E-state index in [2.05, 4.69) is 0 Å². The van der Waals surface area contributed by atoms with Crippen LogP contribution in [0.1, 0.15) is 18.4 Å². The maximum absolute atomic E-state index is 12.8. The van der Waals surface area contributed by atoms with Crippen LogP contribution in [0, 0.1) is 12.8 Å². The van der Waals surface area contributed by atoms with Crippen molar-refractivity contribution in [1.29, 1.82) is 0 Å². The first-order valence-electron chi connectivity index (χ1n) is 7.17. The van der Waals surface area contributed by atoms with Gasteiger partial charge >= 0.3 is 0 Å². The van der Waals surface area contributed by atoms with E-state index >= 15 is 0 Å². The SMILES string of the molecule is Cc1ccc(S(C)(=O)=O)cc1S(=O)(=O)N1CCC(CN)CC1. The Labute approximate surface area is 132 Å².